The number of pyridine rings is 1. The molecule has 0 spiro atoms. The van der Waals surface area contributed by atoms with E-state index in [0.29, 0.717) is 6.04 Å². The van der Waals surface area contributed by atoms with Crippen LogP contribution in [0.4, 0.5) is 5.69 Å². The van der Waals surface area contributed by atoms with Gasteiger partial charge in [0.2, 0.25) is 0 Å². The Morgan fingerprint density at radius 1 is 1.24 bits per heavy atom. The highest BCUT2D eigenvalue weighted by molar-refractivity contribution is 5.45. The van der Waals surface area contributed by atoms with Crippen molar-refractivity contribution in [1.29, 1.82) is 0 Å². The summed E-state index contributed by atoms with van der Waals surface area (Å²) in [5.74, 6) is 2.68. The lowest BCUT2D eigenvalue weighted by atomic mass is 9.83. The molecule has 1 fully saturated rings. The zero-order valence-electron chi connectivity index (χ0n) is 12.9. The van der Waals surface area contributed by atoms with Gasteiger partial charge in [0.15, 0.2) is 0 Å². The molecule has 2 heterocycles. The van der Waals surface area contributed by atoms with Gasteiger partial charge in [-0.3, -0.25) is 4.57 Å². The maximum Gasteiger partial charge on any atom is 0.138 e. The molecule has 21 heavy (non-hydrogen) atoms. The molecule has 4 nitrogen and oxygen atoms in total. The first-order valence-electron chi connectivity index (χ1n) is 8.01. The monoisotopic (exact) mass is 284 g/mol. The van der Waals surface area contributed by atoms with Crippen molar-refractivity contribution in [2.45, 2.75) is 52.0 Å². The van der Waals surface area contributed by atoms with Gasteiger partial charge in [-0.05, 0) is 37.8 Å². The predicted octanol–water partition coefficient (Wildman–Crippen LogP) is 3.96. The van der Waals surface area contributed by atoms with E-state index in [2.05, 4.69) is 34.3 Å². The summed E-state index contributed by atoms with van der Waals surface area (Å²) >= 11 is 0. The molecule has 3 rings (SSSR count). The van der Waals surface area contributed by atoms with Crippen LogP contribution >= 0.6 is 0 Å². The number of aryl methyl sites for hydroxylation is 1. The molecular formula is C17H24N4. The third-order valence-electron chi connectivity index (χ3n) is 4.61. The standard InChI is InChI=1S/C17H24N4/c1-3-14-6-4-5-7-16(14)20-15-8-9-17(19-12-15)21-11-10-18-13(21)2/h8-12,14,16,20H,3-7H2,1-2H3. The fourth-order valence-electron chi connectivity index (χ4n) is 3.33. The molecule has 1 aliphatic rings. The lowest BCUT2D eigenvalue weighted by Gasteiger charge is -2.32. The number of imidazole rings is 1. The smallest absolute Gasteiger partial charge is 0.138 e. The van der Waals surface area contributed by atoms with Crippen molar-refractivity contribution in [3.8, 4) is 5.82 Å². The minimum atomic E-state index is 0.603. The van der Waals surface area contributed by atoms with Crippen molar-refractivity contribution in [3.05, 3.63) is 36.5 Å². The van der Waals surface area contributed by atoms with Gasteiger partial charge >= 0.3 is 0 Å². The fraction of sp³-hybridized carbons (Fsp3) is 0.529. The summed E-state index contributed by atoms with van der Waals surface area (Å²) < 4.78 is 2.00. The summed E-state index contributed by atoms with van der Waals surface area (Å²) in [6.07, 6.45) is 12.3. The van der Waals surface area contributed by atoms with Gasteiger partial charge in [0, 0.05) is 18.4 Å². The number of anilines is 1. The number of rotatable bonds is 4. The molecule has 4 heteroatoms. The molecule has 0 radical (unpaired) electrons. The second kappa shape index (κ2) is 6.29. The molecule has 2 unspecified atom stereocenters. The van der Waals surface area contributed by atoms with E-state index in [1.165, 1.54) is 32.1 Å². The quantitative estimate of drug-likeness (QED) is 0.924. The Kier molecular flexibility index (Phi) is 4.23. The highest BCUT2D eigenvalue weighted by Crippen LogP contribution is 2.29. The van der Waals surface area contributed by atoms with Crippen LogP contribution < -0.4 is 5.32 Å². The van der Waals surface area contributed by atoms with E-state index in [1.807, 2.05) is 23.9 Å². The molecule has 0 saturated heterocycles. The maximum absolute atomic E-state index is 4.56. The summed E-state index contributed by atoms with van der Waals surface area (Å²) in [4.78, 5) is 8.80. The molecular weight excluding hydrogens is 260 g/mol. The Balaban J connectivity index is 1.71. The minimum Gasteiger partial charge on any atom is -0.381 e. The molecule has 112 valence electrons. The second-order valence-electron chi connectivity index (χ2n) is 5.95. The van der Waals surface area contributed by atoms with E-state index in [0.717, 1.165) is 23.2 Å². The second-order valence-corrected chi connectivity index (χ2v) is 5.95. The van der Waals surface area contributed by atoms with Gasteiger partial charge in [-0.2, -0.15) is 0 Å². The third kappa shape index (κ3) is 3.09. The molecule has 1 saturated carbocycles. The summed E-state index contributed by atoms with van der Waals surface area (Å²) in [6.45, 7) is 4.29. The lowest BCUT2D eigenvalue weighted by Crippen LogP contribution is -2.31. The van der Waals surface area contributed by atoms with Crippen molar-refractivity contribution in [2.24, 2.45) is 5.92 Å². The molecule has 0 aromatic carbocycles. The lowest BCUT2D eigenvalue weighted by molar-refractivity contribution is 0.317. The minimum absolute atomic E-state index is 0.603. The summed E-state index contributed by atoms with van der Waals surface area (Å²) in [5, 5.41) is 3.68. The van der Waals surface area contributed by atoms with Crippen molar-refractivity contribution in [2.75, 3.05) is 5.32 Å². The number of hydrogen-bond acceptors (Lipinski definition) is 3. The van der Waals surface area contributed by atoms with E-state index in [-0.39, 0.29) is 0 Å². The van der Waals surface area contributed by atoms with Crippen LogP contribution in [0.2, 0.25) is 0 Å². The average molecular weight is 284 g/mol. The number of aromatic nitrogens is 3. The van der Waals surface area contributed by atoms with E-state index in [1.54, 1.807) is 6.20 Å². The Labute approximate surface area is 126 Å². The van der Waals surface area contributed by atoms with E-state index >= 15 is 0 Å². The van der Waals surface area contributed by atoms with Crippen molar-refractivity contribution in [1.82, 2.24) is 14.5 Å². The Bertz CT molecular complexity index is 573. The Hall–Kier alpha value is -1.84. The van der Waals surface area contributed by atoms with Crippen LogP contribution in [0.15, 0.2) is 30.7 Å². The first-order valence-corrected chi connectivity index (χ1v) is 8.01. The summed E-state index contributed by atoms with van der Waals surface area (Å²) in [6, 6.07) is 4.79. The zero-order valence-corrected chi connectivity index (χ0v) is 12.9. The van der Waals surface area contributed by atoms with Crippen LogP contribution in [-0.2, 0) is 0 Å². The number of nitrogens with zero attached hydrogens (tertiary/aromatic N) is 3. The van der Waals surface area contributed by atoms with Crippen molar-refractivity contribution < 1.29 is 0 Å². The molecule has 1 aliphatic carbocycles. The maximum atomic E-state index is 4.56. The molecule has 0 bridgehead atoms. The Morgan fingerprint density at radius 3 is 2.76 bits per heavy atom. The highest BCUT2D eigenvalue weighted by atomic mass is 15.1. The molecule has 2 aromatic rings. The SMILES string of the molecule is CCC1CCCCC1Nc1ccc(-n2ccnc2C)nc1. The molecule has 1 N–H and O–H groups in total. The number of hydrogen-bond donors (Lipinski definition) is 1. The average Bonchev–Trinajstić information content (AvgIpc) is 2.95. The molecule has 2 atom stereocenters. The Morgan fingerprint density at radius 2 is 2.10 bits per heavy atom. The van der Waals surface area contributed by atoms with Gasteiger partial charge in [-0.25, -0.2) is 9.97 Å². The van der Waals surface area contributed by atoms with Crippen LogP contribution in [0.25, 0.3) is 5.82 Å². The van der Waals surface area contributed by atoms with E-state index < -0.39 is 0 Å². The summed E-state index contributed by atoms with van der Waals surface area (Å²) in [5.41, 5.74) is 1.13. The number of nitrogens with one attached hydrogen (secondary N) is 1. The molecule has 0 aliphatic heterocycles. The first-order chi connectivity index (χ1) is 10.3. The molecule has 2 aromatic heterocycles. The fourth-order valence-corrected chi connectivity index (χ4v) is 3.33. The first kappa shape index (κ1) is 14.1. The van der Waals surface area contributed by atoms with Crippen LogP contribution in [0.5, 0.6) is 0 Å². The van der Waals surface area contributed by atoms with Crippen LogP contribution in [0, 0.1) is 12.8 Å². The zero-order chi connectivity index (χ0) is 14.7. The third-order valence-corrected chi connectivity index (χ3v) is 4.61. The van der Waals surface area contributed by atoms with E-state index in [4.69, 9.17) is 0 Å². The highest BCUT2D eigenvalue weighted by Gasteiger charge is 2.23. The van der Waals surface area contributed by atoms with Gasteiger partial charge in [0.25, 0.3) is 0 Å². The van der Waals surface area contributed by atoms with Gasteiger partial charge in [-0.1, -0.05) is 26.2 Å². The van der Waals surface area contributed by atoms with Gasteiger partial charge in [0.1, 0.15) is 11.6 Å². The molecule has 0 amide bonds. The predicted molar refractivity (Wildman–Crippen MR) is 85.8 cm³/mol. The largest absolute Gasteiger partial charge is 0.381 e. The normalized spacial score (nSPS) is 22.2. The summed E-state index contributed by atoms with van der Waals surface area (Å²) in [7, 11) is 0. The van der Waals surface area contributed by atoms with Gasteiger partial charge in [-0.15, -0.1) is 0 Å². The van der Waals surface area contributed by atoms with Gasteiger partial charge in [0.05, 0.1) is 11.9 Å². The van der Waals surface area contributed by atoms with Crippen molar-refractivity contribution >= 4 is 5.69 Å². The van der Waals surface area contributed by atoms with Gasteiger partial charge < -0.3 is 5.32 Å². The van der Waals surface area contributed by atoms with Crippen molar-refractivity contribution in [3.63, 3.8) is 0 Å². The topological polar surface area (TPSA) is 42.7 Å². The van der Waals surface area contributed by atoms with Crippen LogP contribution in [-0.4, -0.2) is 20.6 Å². The van der Waals surface area contributed by atoms with Crippen LogP contribution in [0.3, 0.4) is 0 Å². The van der Waals surface area contributed by atoms with Crippen LogP contribution in [0.1, 0.15) is 44.9 Å². The van der Waals surface area contributed by atoms with E-state index in [9.17, 15) is 0 Å².